The van der Waals surface area contributed by atoms with Crippen LogP contribution >= 0.6 is 0 Å². The summed E-state index contributed by atoms with van der Waals surface area (Å²) in [4.78, 5) is 0. The largest absolute Gasteiger partial charge is 0.494 e. The van der Waals surface area contributed by atoms with Crippen LogP contribution in [0.5, 0.6) is 5.75 Å². The second kappa shape index (κ2) is 4.99. The van der Waals surface area contributed by atoms with Crippen LogP contribution in [0.1, 0.15) is 19.0 Å². The summed E-state index contributed by atoms with van der Waals surface area (Å²) >= 11 is 0. The lowest BCUT2D eigenvalue weighted by Crippen LogP contribution is -1.95. The molecule has 1 aromatic carbocycles. The second-order valence-electron chi connectivity index (χ2n) is 3.61. The van der Waals surface area contributed by atoms with Crippen LogP contribution in [0.2, 0.25) is 0 Å². The third-order valence-electron chi connectivity index (χ3n) is 2.34. The molecule has 0 amide bonds. The molecule has 4 heteroatoms. The number of aliphatic hydroxyl groups excluding tert-OH is 1. The highest BCUT2D eigenvalue weighted by molar-refractivity contribution is 5.81. The van der Waals surface area contributed by atoms with E-state index in [1.165, 1.54) is 0 Å². The zero-order valence-electron chi connectivity index (χ0n) is 9.27. The van der Waals surface area contributed by atoms with Gasteiger partial charge in [-0.2, -0.15) is 0 Å². The first-order chi connectivity index (χ1) is 7.85. The van der Waals surface area contributed by atoms with Crippen molar-refractivity contribution < 1.29 is 14.4 Å². The third kappa shape index (κ3) is 2.17. The number of hydrogen-bond donors (Lipinski definition) is 1. The summed E-state index contributed by atoms with van der Waals surface area (Å²) in [7, 11) is 0. The van der Waals surface area contributed by atoms with Gasteiger partial charge < -0.3 is 14.4 Å². The van der Waals surface area contributed by atoms with Crippen molar-refractivity contribution in [2.75, 3.05) is 13.2 Å². The number of hydrogen-bond acceptors (Lipinski definition) is 4. The van der Waals surface area contributed by atoms with Crippen molar-refractivity contribution in [3.8, 4) is 5.75 Å². The molecular formula is C12H15NO3. The Hall–Kier alpha value is -1.55. The lowest BCUT2D eigenvalue weighted by molar-refractivity contribution is 0.295. The van der Waals surface area contributed by atoms with Crippen molar-refractivity contribution in [2.24, 2.45) is 0 Å². The first-order valence-corrected chi connectivity index (χ1v) is 5.47. The molecule has 86 valence electrons. The van der Waals surface area contributed by atoms with Crippen molar-refractivity contribution in [1.29, 1.82) is 0 Å². The van der Waals surface area contributed by atoms with Crippen LogP contribution < -0.4 is 4.74 Å². The summed E-state index contributed by atoms with van der Waals surface area (Å²) in [5.41, 5.74) is 1.51. The Morgan fingerprint density at radius 1 is 1.44 bits per heavy atom. The van der Waals surface area contributed by atoms with E-state index in [1.54, 1.807) is 0 Å². The molecule has 1 aromatic heterocycles. The lowest BCUT2D eigenvalue weighted by Gasteiger charge is -2.03. The summed E-state index contributed by atoms with van der Waals surface area (Å²) < 4.78 is 10.7. The van der Waals surface area contributed by atoms with Gasteiger partial charge in [-0.15, -0.1) is 0 Å². The van der Waals surface area contributed by atoms with Gasteiger partial charge in [0.2, 0.25) is 0 Å². The molecule has 0 aliphatic rings. The van der Waals surface area contributed by atoms with Gasteiger partial charge in [0.15, 0.2) is 5.58 Å². The van der Waals surface area contributed by atoms with E-state index < -0.39 is 0 Å². The minimum Gasteiger partial charge on any atom is -0.494 e. The standard InChI is InChI=1S/C12H15NO3/c1-2-7-15-9-3-4-12-10(8-9)11(5-6-14)13-16-12/h3-4,8,14H,2,5-7H2,1H3. The smallest absolute Gasteiger partial charge is 0.167 e. The zero-order chi connectivity index (χ0) is 11.4. The summed E-state index contributed by atoms with van der Waals surface area (Å²) in [6.45, 7) is 2.84. The van der Waals surface area contributed by atoms with Gasteiger partial charge in [-0.1, -0.05) is 12.1 Å². The van der Waals surface area contributed by atoms with Gasteiger partial charge in [-0.3, -0.25) is 0 Å². The maximum absolute atomic E-state index is 8.90. The lowest BCUT2D eigenvalue weighted by atomic mass is 10.2. The average Bonchev–Trinajstić information content (AvgIpc) is 2.70. The molecule has 0 radical (unpaired) electrons. The van der Waals surface area contributed by atoms with Gasteiger partial charge in [0, 0.05) is 18.4 Å². The van der Waals surface area contributed by atoms with Crippen molar-refractivity contribution in [3.05, 3.63) is 23.9 Å². The monoisotopic (exact) mass is 221 g/mol. The van der Waals surface area contributed by atoms with Crippen molar-refractivity contribution >= 4 is 11.0 Å². The van der Waals surface area contributed by atoms with E-state index in [2.05, 4.69) is 12.1 Å². The number of rotatable bonds is 5. The summed E-state index contributed by atoms with van der Waals surface area (Å²) in [5, 5.41) is 13.7. The van der Waals surface area contributed by atoms with Gasteiger partial charge >= 0.3 is 0 Å². The molecule has 2 aromatic rings. The summed E-state index contributed by atoms with van der Waals surface area (Å²) in [5.74, 6) is 0.816. The van der Waals surface area contributed by atoms with Crippen LogP contribution in [0.25, 0.3) is 11.0 Å². The fourth-order valence-electron chi connectivity index (χ4n) is 1.56. The molecular weight excluding hydrogens is 206 g/mol. The molecule has 1 heterocycles. The molecule has 0 spiro atoms. The van der Waals surface area contributed by atoms with Crippen molar-refractivity contribution in [2.45, 2.75) is 19.8 Å². The van der Waals surface area contributed by atoms with E-state index in [9.17, 15) is 0 Å². The summed E-state index contributed by atoms with van der Waals surface area (Å²) in [6, 6.07) is 5.62. The fourth-order valence-corrected chi connectivity index (χ4v) is 1.56. The normalized spacial score (nSPS) is 10.9. The van der Waals surface area contributed by atoms with Gasteiger partial charge in [0.05, 0.1) is 12.3 Å². The van der Waals surface area contributed by atoms with E-state index >= 15 is 0 Å². The third-order valence-corrected chi connectivity index (χ3v) is 2.34. The highest BCUT2D eigenvalue weighted by Gasteiger charge is 2.08. The first-order valence-electron chi connectivity index (χ1n) is 5.47. The minimum atomic E-state index is 0.0711. The van der Waals surface area contributed by atoms with E-state index in [0.29, 0.717) is 13.0 Å². The van der Waals surface area contributed by atoms with E-state index in [4.69, 9.17) is 14.4 Å². The Kier molecular flexibility index (Phi) is 3.41. The van der Waals surface area contributed by atoms with Crippen LogP contribution in [0.4, 0.5) is 0 Å². The van der Waals surface area contributed by atoms with Crippen LogP contribution in [-0.2, 0) is 6.42 Å². The number of nitrogens with zero attached hydrogens (tertiary/aromatic N) is 1. The Morgan fingerprint density at radius 2 is 2.31 bits per heavy atom. The van der Waals surface area contributed by atoms with Crippen molar-refractivity contribution in [1.82, 2.24) is 5.16 Å². The highest BCUT2D eigenvalue weighted by atomic mass is 16.5. The van der Waals surface area contributed by atoms with E-state index in [1.807, 2.05) is 18.2 Å². The second-order valence-corrected chi connectivity index (χ2v) is 3.61. The number of aliphatic hydroxyl groups is 1. The highest BCUT2D eigenvalue weighted by Crippen LogP contribution is 2.24. The maximum Gasteiger partial charge on any atom is 0.167 e. The Morgan fingerprint density at radius 3 is 3.06 bits per heavy atom. The van der Waals surface area contributed by atoms with Gasteiger partial charge in [0.1, 0.15) is 5.75 Å². The molecule has 0 aliphatic heterocycles. The molecule has 1 N–H and O–H groups in total. The predicted molar refractivity (Wildman–Crippen MR) is 60.6 cm³/mol. The predicted octanol–water partition coefficient (Wildman–Crippen LogP) is 2.15. The molecule has 16 heavy (non-hydrogen) atoms. The first kappa shape index (κ1) is 11.0. The molecule has 0 fully saturated rings. The van der Waals surface area contributed by atoms with Gasteiger partial charge in [0.25, 0.3) is 0 Å². The zero-order valence-corrected chi connectivity index (χ0v) is 9.27. The number of benzene rings is 1. The molecule has 0 bridgehead atoms. The van der Waals surface area contributed by atoms with Crippen LogP contribution in [-0.4, -0.2) is 23.5 Å². The van der Waals surface area contributed by atoms with Crippen LogP contribution in [0, 0.1) is 0 Å². The molecule has 0 saturated heterocycles. The Balaban J connectivity index is 2.30. The topological polar surface area (TPSA) is 55.5 Å². The molecule has 0 unspecified atom stereocenters. The SMILES string of the molecule is CCCOc1ccc2onc(CCO)c2c1. The van der Waals surface area contributed by atoms with Gasteiger partial charge in [-0.05, 0) is 24.6 Å². The summed E-state index contributed by atoms with van der Waals surface area (Å²) in [6.07, 6.45) is 1.48. The van der Waals surface area contributed by atoms with Crippen LogP contribution in [0.15, 0.2) is 22.7 Å². The number of fused-ring (bicyclic) bond motifs is 1. The molecule has 0 atom stereocenters. The molecule has 0 saturated carbocycles. The fraction of sp³-hybridized carbons (Fsp3) is 0.417. The number of aromatic nitrogens is 1. The average molecular weight is 221 g/mol. The Bertz CT molecular complexity index is 464. The number of ether oxygens (including phenoxy) is 1. The minimum absolute atomic E-state index is 0.0711. The van der Waals surface area contributed by atoms with Gasteiger partial charge in [-0.25, -0.2) is 0 Å². The molecule has 0 aliphatic carbocycles. The van der Waals surface area contributed by atoms with Crippen molar-refractivity contribution in [3.63, 3.8) is 0 Å². The van der Waals surface area contributed by atoms with E-state index in [-0.39, 0.29) is 6.61 Å². The van der Waals surface area contributed by atoms with E-state index in [0.717, 1.165) is 28.8 Å². The molecule has 4 nitrogen and oxygen atoms in total. The molecule has 2 rings (SSSR count). The maximum atomic E-state index is 8.90. The quantitative estimate of drug-likeness (QED) is 0.840. The van der Waals surface area contributed by atoms with Crippen LogP contribution in [0.3, 0.4) is 0 Å². The Labute approximate surface area is 93.8 Å².